The van der Waals surface area contributed by atoms with Gasteiger partial charge in [-0.3, -0.25) is 10.1 Å². The van der Waals surface area contributed by atoms with Crippen molar-refractivity contribution in [1.29, 1.82) is 5.26 Å². The molecule has 1 atom stereocenters. The van der Waals surface area contributed by atoms with Gasteiger partial charge in [-0.05, 0) is 53.2 Å². The molecular weight excluding hydrogens is 590 g/mol. The molecule has 0 N–H and O–H groups in total. The van der Waals surface area contributed by atoms with Crippen LogP contribution in [0.15, 0.2) is 56.7 Å². The number of fused-ring (bicyclic) bond motifs is 1. The summed E-state index contributed by atoms with van der Waals surface area (Å²) in [6.07, 6.45) is 0.249. The van der Waals surface area contributed by atoms with Crippen molar-refractivity contribution in [3.05, 3.63) is 74.1 Å². The standard InChI is InChI=1S/C25H25BrFN8O3P/c1-17-23-25(34(30-17)11-3-10-28)29-24(18-4-6-19(27)7-5-18)32(2)39(23,33-12-14-38-15-13-33)31-22-9-8-20(35(36)37)16-21(22)26/h4-9,16H,3,11-15H2,1-2H3/t39-/m0/s1. The lowest BCUT2D eigenvalue weighted by Gasteiger charge is -2.46. The molecule has 0 radical (unpaired) electrons. The first-order chi connectivity index (χ1) is 18.8. The van der Waals surface area contributed by atoms with E-state index < -0.39 is 12.3 Å². The number of hydrogen-bond acceptors (Lipinski definition) is 7. The Morgan fingerprint density at radius 2 is 1.97 bits per heavy atom. The smallest absolute Gasteiger partial charge is 0.270 e. The summed E-state index contributed by atoms with van der Waals surface area (Å²) >= 11 is 3.51. The Balaban J connectivity index is 1.84. The van der Waals surface area contributed by atoms with Crippen LogP contribution in [0.25, 0.3) is 0 Å². The molecule has 5 rings (SSSR count). The SMILES string of the molecule is Cc1nn(CCC#N)c2c1[P@@](=Nc1ccc([N+](=O)[O-])cc1Br)(N1CCOCC1)N(C)C(c1ccc(F)cc1)=N2. The number of nitro groups is 1. The number of non-ortho nitro benzene ring substituents is 1. The van der Waals surface area contributed by atoms with Gasteiger partial charge in [0.15, 0.2) is 13.2 Å². The molecular formula is C25H25BrFN8O3P. The zero-order valence-electron chi connectivity index (χ0n) is 21.3. The van der Waals surface area contributed by atoms with E-state index in [0.29, 0.717) is 60.2 Å². The fourth-order valence-corrected chi connectivity index (χ4v) is 9.27. The van der Waals surface area contributed by atoms with Gasteiger partial charge in [-0.2, -0.15) is 10.4 Å². The van der Waals surface area contributed by atoms with E-state index in [1.807, 2.05) is 18.6 Å². The van der Waals surface area contributed by atoms with Crippen molar-refractivity contribution in [2.45, 2.75) is 19.9 Å². The lowest BCUT2D eigenvalue weighted by Crippen LogP contribution is -2.45. The highest BCUT2D eigenvalue weighted by Gasteiger charge is 2.45. The van der Waals surface area contributed by atoms with E-state index in [-0.39, 0.29) is 17.9 Å². The van der Waals surface area contributed by atoms with Gasteiger partial charge in [0.1, 0.15) is 11.7 Å². The number of rotatable bonds is 6. The van der Waals surface area contributed by atoms with Gasteiger partial charge < -0.3 is 9.41 Å². The van der Waals surface area contributed by atoms with Crippen LogP contribution in [0.5, 0.6) is 0 Å². The van der Waals surface area contributed by atoms with Crippen molar-refractivity contribution in [3.8, 4) is 6.07 Å². The van der Waals surface area contributed by atoms with Crippen molar-refractivity contribution in [3.63, 3.8) is 0 Å². The number of amidine groups is 1. The van der Waals surface area contributed by atoms with Gasteiger partial charge in [-0.1, -0.05) is 0 Å². The number of aromatic nitrogens is 2. The zero-order chi connectivity index (χ0) is 27.7. The summed E-state index contributed by atoms with van der Waals surface area (Å²) in [6, 6.07) is 12.8. The third-order valence-electron chi connectivity index (χ3n) is 6.62. The molecule has 0 bridgehead atoms. The molecule has 0 unspecified atom stereocenters. The van der Waals surface area contributed by atoms with Gasteiger partial charge in [0, 0.05) is 37.8 Å². The minimum absolute atomic E-state index is 0.0497. The van der Waals surface area contributed by atoms with Gasteiger partial charge in [0.25, 0.3) is 5.69 Å². The molecule has 2 aliphatic heterocycles. The Bertz CT molecular complexity index is 1560. The van der Waals surface area contributed by atoms with Crippen LogP contribution in [0, 0.1) is 34.2 Å². The summed E-state index contributed by atoms with van der Waals surface area (Å²) < 4.78 is 31.5. The molecule has 0 saturated carbocycles. The summed E-state index contributed by atoms with van der Waals surface area (Å²) in [6.45, 7) is 4.44. The van der Waals surface area contributed by atoms with Crippen molar-refractivity contribution in [1.82, 2.24) is 19.1 Å². The highest BCUT2D eigenvalue weighted by atomic mass is 79.9. The Kier molecular flexibility index (Phi) is 7.64. The van der Waals surface area contributed by atoms with Crippen molar-refractivity contribution in [2.75, 3.05) is 33.4 Å². The molecule has 2 aliphatic rings. The van der Waals surface area contributed by atoms with Crippen molar-refractivity contribution in [2.24, 2.45) is 9.74 Å². The number of aliphatic imine (C=N–C) groups is 1. The molecule has 0 amide bonds. The quantitative estimate of drug-likeness (QED) is 0.211. The number of hydrogen-bond donors (Lipinski definition) is 0. The Labute approximate surface area is 232 Å². The van der Waals surface area contributed by atoms with Crippen LogP contribution in [0.2, 0.25) is 0 Å². The largest absolute Gasteiger partial charge is 0.379 e. The van der Waals surface area contributed by atoms with Gasteiger partial charge in [-0.25, -0.2) is 23.5 Å². The first-order valence-corrected chi connectivity index (χ1v) is 14.6. The average molecular weight is 615 g/mol. The van der Waals surface area contributed by atoms with Crippen LogP contribution in [0.4, 0.5) is 21.6 Å². The van der Waals surface area contributed by atoms with Gasteiger partial charge in [-0.15, -0.1) is 0 Å². The predicted molar refractivity (Wildman–Crippen MR) is 149 cm³/mol. The van der Waals surface area contributed by atoms with Crippen LogP contribution >= 0.6 is 23.3 Å². The van der Waals surface area contributed by atoms with E-state index >= 15 is 0 Å². The maximum Gasteiger partial charge on any atom is 0.270 e. The number of nitrogens with zero attached hydrogens (tertiary/aromatic N) is 8. The minimum Gasteiger partial charge on any atom is -0.379 e. The van der Waals surface area contributed by atoms with E-state index in [1.54, 1.807) is 22.9 Å². The molecule has 14 heteroatoms. The number of ether oxygens (including phenoxy) is 1. The third-order valence-corrected chi connectivity index (χ3v) is 11.1. The monoisotopic (exact) mass is 614 g/mol. The fraction of sp³-hybridized carbons (Fsp3) is 0.320. The van der Waals surface area contributed by atoms with Crippen molar-refractivity contribution < 1.29 is 14.1 Å². The van der Waals surface area contributed by atoms with Crippen LogP contribution in [-0.2, 0) is 11.3 Å². The number of nitriles is 1. The lowest BCUT2D eigenvalue weighted by molar-refractivity contribution is -0.384. The number of nitro benzene ring substituents is 1. The second-order valence-corrected chi connectivity index (χ2v) is 12.8. The third kappa shape index (κ3) is 4.89. The summed E-state index contributed by atoms with van der Waals surface area (Å²) in [4.78, 5) is 16.0. The highest BCUT2D eigenvalue weighted by Crippen LogP contribution is 2.62. The van der Waals surface area contributed by atoms with E-state index in [0.717, 1.165) is 11.0 Å². The number of morpholine rings is 1. The van der Waals surface area contributed by atoms with Crippen LogP contribution in [-0.4, -0.2) is 63.2 Å². The van der Waals surface area contributed by atoms with Crippen LogP contribution in [0.1, 0.15) is 17.7 Å². The van der Waals surface area contributed by atoms with Gasteiger partial charge >= 0.3 is 0 Å². The first-order valence-electron chi connectivity index (χ1n) is 12.2. The summed E-state index contributed by atoms with van der Waals surface area (Å²) in [5.74, 6) is 0.825. The number of halogens is 2. The fourth-order valence-electron chi connectivity index (χ4n) is 4.82. The summed E-state index contributed by atoms with van der Waals surface area (Å²) in [5, 5.41) is 26.3. The molecule has 1 aromatic heterocycles. The Hall–Kier alpha value is -3.43. The normalized spacial score (nSPS) is 19.3. The molecule has 0 aliphatic carbocycles. The molecule has 3 aromatic rings. The molecule has 11 nitrogen and oxygen atoms in total. The average Bonchev–Trinajstić information content (AvgIpc) is 3.25. The van der Waals surface area contributed by atoms with Crippen molar-refractivity contribution >= 4 is 51.6 Å². The summed E-state index contributed by atoms with van der Waals surface area (Å²) in [7, 11) is -0.976. The second kappa shape index (κ2) is 11.0. The lowest BCUT2D eigenvalue weighted by atomic mass is 10.2. The van der Waals surface area contributed by atoms with E-state index in [2.05, 4.69) is 26.7 Å². The van der Waals surface area contributed by atoms with E-state index in [9.17, 15) is 19.8 Å². The predicted octanol–water partition coefficient (Wildman–Crippen LogP) is 5.26. The topological polar surface area (TPSA) is 125 Å². The molecule has 202 valence electrons. The Morgan fingerprint density at radius 3 is 2.62 bits per heavy atom. The first kappa shape index (κ1) is 27.1. The number of benzene rings is 2. The highest BCUT2D eigenvalue weighted by molar-refractivity contribution is 9.10. The van der Waals surface area contributed by atoms with Crippen LogP contribution < -0.4 is 5.30 Å². The molecule has 1 fully saturated rings. The molecule has 3 heterocycles. The molecule has 39 heavy (non-hydrogen) atoms. The maximum atomic E-state index is 13.9. The minimum atomic E-state index is -2.90. The second-order valence-electron chi connectivity index (χ2n) is 8.98. The van der Waals surface area contributed by atoms with Crippen LogP contribution in [0.3, 0.4) is 0 Å². The number of aryl methyl sites for hydroxylation is 2. The molecule has 1 saturated heterocycles. The van der Waals surface area contributed by atoms with Gasteiger partial charge in [0.2, 0.25) is 0 Å². The maximum absolute atomic E-state index is 13.9. The summed E-state index contributed by atoms with van der Waals surface area (Å²) in [5.41, 5.74) is 1.93. The Morgan fingerprint density at radius 1 is 1.26 bits per heavy atom. The molecule has 2 aromatic carbocycles. The van der Waals surface area contributed by atoms with E-state index in [4.69, 9.17) is 19.6 Å². The van der Waals surface area contributed by atoms with Gasteiger partial charge in [0.05, 0.1) is 58.3 Å². The molecule has 0 spiro atoms. The zero-order valence-corrected chi connectivity index (χ0v) is 23.8. The van der Waals surface area contributed by atoms with E-state index in [1.165, 1.54) is 24.3 Å².